The average Bonchev–Trinajstić information content (AvgIpc) is 3.20. The number of rotatable bonds is 5. The van der Waals surface area contributed by atoms with Crippen molar-refractivity contribution in [3.63, 3.8) is 0 Å². The van der Waals surface area contributed by atoms with Crippen LogP contribution in [0, 0.1) is 5.82 Å². The van der Waals surface area contributed by atoms with E-state index in [4.69, 9.17) is 8.83 Å². The summed E-state index contributed by atoms with van der Waals surface area (Å²) in [7, 11) is 0. The molecule has 0 radical (unpaired) electrons. The summed E-state index contributed by atoms with van der Waals surface area (Å²) in [6.07, 6.45) is 0.594. The number of thioether (sulfide) groups is 1. The normalized spacial score (nSPS) is 11.2. The highest BCUT2D eigenvalue weighted by Crippen LogP contribution is 2.24. The highest BCUT2D eigenvalue weighted by Gasteiger charge is 2.11. The molecule has 0 saturated heterocycles. The Morgan fingerprint density at radius 2 is 1.83 bits per heavy atom. The smallest absolute Gasteiger partial charge is 0.277 e. The van der Waals surface area contributed by atoms with Gasteiger partial charge in [-0.05, 0) is 17.7 Å². The highest BCUT2D eigenvalue weighted by molar-refractivity contribution is 7.98. The largest absolute Gasteiger partial charge is 0.440 e. The number of halogens is 1. The third-order valence-electron chi connectivity index (χ3n) is 3.36. The van der Waals surface area contributed by atoms with Gasteiger partial charge in [-0.1, -0.05) is 42.1 Å². The SMILES string of the molecule is Fc1ccc2oc(CSc3nnc(Cc4ccccc4)o3)nc2c1. The van der Waals surface area contributed by atoms with E-state index in [2.05, 4.69) is 15.2 Å². The Hall–Kier alpha value is -2.67. The number of benzene rings is 2. The van der Waals surface area contributed by atoms with Crippen molar-refractivity contribution >= 4 is 22.9 Å². The average molecular weight is 341 g/mol. The fourth-order valence-corrected chi connectivity index (χ4v) is 2.90. The third kappa shape index (κ3) is 3.30. The van der Waals surface area contributed by atoms with Crippen LogP contribution in [0.25, 0.3) is 11.1 Å². The van der Waals surface area contributed by atoms with E-state index in [1.807, 2.05) is 30.3 Å². The van der Waals surface area contributed by atoms with Crippen LogP contribution in [0.5, 0.6) is 0 Å². The Bertz CT molecular complexity index is 968. The third-order valence-corrected chi connectivity index (χ3v) is 4.16. The van der Waals surface area contributed by atoms with Crippen LogP contribution in [0.3, 0.4) is 0 Å². The van der Waals surface area contributed by atoms with E-state index in [9.17, 15) is 4.39 Å². The molecule has 2 aromatic heterocycles. The van der Waals surface area contributed by atoms with Crippen LogP contribution < -0.4 is 0 Å². The van der Waals surface area contributed by atoms with Crippen LogP contribution >= 0.6 is 11.8 Å². The van der Waals surface area contributed by atoms with Crippen LogP contribution in [-0.2, 0) is 12.2 Å². The summed E-state index contributed by atoms with van der Waals surface area (Å²) in [6, 6.07) is 14.2. The lowest BCUT2D eigenvalue weighted by atomic mass is 10.2. The molecule has 0 aliphatic carbocycles. The molecule has 5 nitrogen and oxygen atoms in total. The van der Waals surface area contributed by atoms with Gasteiger partial charge in [0.15, 0.2) is 5.58 Å². The zero-order chi connectivity index (χ0) is 16.4. The van der Waals surface area contributed by atoms with Gasteiger partial charge >= 0.3 is 0 Å². The molecular formula is C17H12FN3O2S. The van der Waals surface area contributed by atoms with Gasteiger partial charge in [-0.2, -0.15) is 0 Å². The molecule has 2 aromatic carbocycles. The summed E-state index contributed by atoms with van der Waals surface area (Å²) in [4.78, 5) is 4.25. The van der Waals surface area contributed by atoms with Crippen LogP contribution in [0.1, 0.15) is 17.3 Å². The van der Waals surface area contributed by atoms with Crippen LogP contribution in [-0.4, -0.2) is 15.2 Å². The van der Waals surface area contributed by atoms with Crippen molar-refractivity contribution in [1.82, 2.24) is 15.2 Å². The molecule has 120 valence electrons. The molecule has 0 amide bonds. The Morgan fingerprint density at radius 1 is 0.958 bits per heavy atom. The molecule has 0 fully saturated rings. The van der Waals surface area contributed by atoms with E-state index in [-0.39, 0.29) is 5.82 Å². The number of hydrogen-bond donors (Lipinski definition) is 0. The zero-order valence-electron chi connectivity index (χ0n) is 12.5. The van der Waals surface area contributed by atoms with E-state index in [1.165, 1.54) is 23.9 Å². The molecule has 0 saturated carbocycles. The van der Waals surface area contributed by atoms with E-state index in [0.29, 0.717) is 40.3 Å². The first kappa shape index (κ1) is 14.9. The Kier molecular flexibility index (Phi) is 4.00. The zero-order valence-corrected chi connectivity index (χ0v) is 13.3. The van der Waals surface area contributed by atoms with Crippen molar-refractivity contribution in [3.05, 3.63) is 71.7 Å². The van der Waals surface area contributed by atoms with Gasteiger partial charge in [0.25, 0.3) is 5.22 Å². The molecule has 2 heterocycles. The lowest BCUT2D eigenvalue weighted by molar-refractivity contribution is 0.419. The maximum absolute atomic E-state index is 13.2. The molecule has 0 spiro atoms. The molecule has 0 aliphatic heterocycles. The minimum atomic E-state index is -0.336. The van der Waals surface area contributed by atoms with Gasteiger partial charge in [0, 0.05) is 6.07 Å². The first-order valence-corrected chi connectivity index (χ1v) is 8.29. The Labute approximate surface area is 140 Å². The van der Waals surface area contributed by atoms with Crippen molar-refractivity contribution in [3.8, 4) is 0 Å². The standard InChI is InChI=1S/C17H12FN3O2S/c18-12-6-7-14-13(9-12)19-16(22-14)10-24-17-21-20-15(23-17)8-11-4-2-1-3-5-11/h1-7,9H,8,10H2. The first-order valence-electron chi connectivity index (χ1n) is 7.30. The second kappa shape index (κ2) is 6.45. The summed E-state index contributed by atoms with van der Waals surface area (Å²) in [5, 5.41) is 8.51. The van der Waals surface area contributed by atoms with E-state index < -0.39 is 0 Å². The van der Waals surface area contributed by atoms with E-state index in [1.54, 1.807) is 6.07 Å². The van der Waals surface area contributed by atoms with Crippen molar-refractivity contribution < 1.29 is 13.2 Å². The molecule has 4 rings (SSSR count). The predicted octanol–water partition coefficient (Wildman–Crippen LogP) is 4.23. The Morgan fingerprint density at radius 3 is 2.71 bits per heavy atom. The lowest BCUT2D eigenvalue weighted by Crippen LogP contribution is -1.87. The summed E-state index contributed by atoms with van der Waals surface area (Å²) < 4.78 is 24.3. The minimum Gasteiger partial charge on any atom is -0.440 e. The van der Waals surface area contributed by atoms with E-state index >= 15 is 0 Å². The number of aromatic nitrogens is 3. The minimum absolute atomic E-state index is 0.336. The second-order valence-corrected chi connectivity index (χ2v) is 6.06. The fourth-order valence-electron chi connectivity index (χ4n) is 2.27. The van der Waals surface area contributed by atoms with Gasteiger partial charge in [-0.15, -0.1) is 10.2 Å². The summed E-state index contributed by atoms with van der Waals surface area (Å²) in [6.45, 7) is 0. The number of fused-ring (bicyclic) bond motifs is 1. The van der Waals surface area contributed by atoms with Crippen molar-refractivity contribution in [2.45, 2.75) is 17.4 Å². The molecule has 0 unspecified atom stereocenters. The molecule has 4 aromatic rings. The quantitative estimate of drug-likeness (QED) is 0.506. The van der Waals surface area contributed by atoms with Gasteiger partial charge < -0.3 is 8.83 Å². The lowest BCUT2D eigenvalue weighted by Gasteiger charge is -1.95. The number of nitrogens with zero attached hydrogens (tertiary/aromatic N) is 3. The molecule has 0 N–H and O–H groups in total. The topological polar surface area (TPSA) is 65.0 Å². The number of oxazole rings is 1. The van der Waals surface area contributed by atoms with Crippen molar-refractivity contribution in [1.29, 1.82) is 0 Å². The molecular weight excluding hydrogens is 329 g/mol. The molecule has 7 heteroatoms. The van der Waals surface area contributed by atoms with Gasteiger partial charge in [-0.3, -0.25) is 0 Å². The summed E-state index contributed by atoms with van der Waals surface area (Å²) >= 11 is 1.33. The summed E-state index contributed by atoms with van der Waals surface area (Å²) in [5.74, 6) is 1.15. The van der Waals surface area contributed by atoms with Crippen LogP contribution in [0.15, 0.2) is 62.6 Å². The number of hydrogen-bond acceptors (Lipinski definition) is 6. The van der Waals surface area contributed by atoms with E-state index in [0.717, 1.165) is 5.56 Å². The fraction of sp³-hybridized carbons (Fsp3) is 0.118. The van der Waals surface area contributed by atoms with Crippen LogP contribution in [0.2, 0.25) is 0 Å². The molecule has 0 atom stereocenters. The maximum atomic E-state index is 13.2. The monoisotopic (exact) mass is 341 g/mol. The maximum Gasteiger partial charge on any atom is 0.277 e. The van der Waals surface area contributed by atoms with Crippen molar-refractivity contribution in [2.24, 2.45) is 0 Å². The predicted molar refractivity (Wildman–Crippen MR) is 87.1 cm³/mol. The Balaban J connectivity index is 1.42. The van der Waals surface area contributed by atoms with Gasteiger partial charge in [0.1, 0.15) is 11.3 Å². The van der Waals surface area contributed by atoms with Gasteiger partial charge in [0.05, 0.1) is 12.2 Å². The molecule has 0 aliphatic rings. The van der Waals surface area contributed by atoms with Crippen LogP contribution in [0.4, 0.5) is 4.39 Å². The molecule has 24 heavy (non-hydrogen) atoms. The first-order chi connectivity index (χ1) is 11.8. The summed E-state index contributed by atoms with van der Waals surface area (Å²) in [5.41, 5.74) is 2.17. The second-order valence-electron chi connectivity index (χ2n) is 5.13. The highest BCUT2D eigenvalue weighted by atomic mass is 32.2. The van der Waals surface area contributed by atoms with Gasteiger partial charge in [0.2, 0.25) is 11.8 Å². The van der Waals surface area contributed by atoms with Crippen molar-refractivity contribution in [2.75, 3.05) is 0 Å². The molecule has 0 bridgehead atoms. The van der Waals surface area contributed by atoms with Gasteiger partial charge in [-0.25, -0.2) is 9.37 Å².